The van der Waals surface area contributed by atoms with Gasteiger partial charge < -0.3 is 10.6 Å². The van der Waals surface area contributed by atoms with Crippen LogP contribution in [-0.2, 0) is 4.79 Å². The lowest BCUT2D eigenvalue weighted by atomic mass is 9.82. The number of nitrogens with one attached hydrogen (secondary N) is 2. The summed E-state index contributed by atoms with van der Waals surface area (Å²) in [6, 6.07) is 3.14. The van der Waals surface area contributed by atoms with Gasteiger partial charge in [-0.25, -0.2) is 8.78 Å². The third-order valence-electron chi connectivity index (χ3n) is 3.88. The van der Waals surface area contributed by atoms with E-state index in [9.17, 15) is 13.6 Å². The Hall–Kier alpha value is -1.14. The standard InChI is InChI=1S/C17H24F2N2OS/c1-17(2,3)16(13-5-4-11(18)8-14(13)19)21-15(22)9-12-10-23-7-6-20-12/h4-5,8,12,16,20H,6-7,9-10H2,1-3H3,(H,21,22). The van der Waals surface area contributed by atoms with Gasteiger partial charge in [0.15, 0.2) is 0 Å². The molecule has 1 fully saturated rings. The molecule has 0 bridgehead atoms. The van der Waals surface area contributed by atoms with Crippen molar-refractivity contribution in [3.05, 3.63) is 35.4 Å². The molecule has 2 atom stereocenters. The molecular weight excluding hydrogens is 318 g/mol. The van der Waals surface area contributed by atoms with Gasteiger partial charge >= 0.3 is 0 Å². The van der Waals surface area contributed by atoms with Gasteiger partial charge in [-0.2, -0.15) is 11.8 Å². The molecule has 0 aliphatic carbocycles. The number of hydrogen-bond acceptors (Lipinski definition) is 3. The number of carbonyl (C=O) groups is 1. The minimum Gasteiger partial charge on any atom is -0.349 e. The Balaban J connectivity index is 2.11. The number of hydrogen-bond donors (Lipinski definition) is 2. The molecule has 1 heterocycles. The van der Waals surface area contributed by atoms with Crippen molar-refractivity contribution < 1.29 is 13.6 Å². The highest BCUT2D eigenvalue weighted by molar-refractivity contribution is 7.99. The molecule has 23 heavy (non-hydrogen) atoms. The molecule has 2 unspecified atom stereocenters. The number of amides is 1. The van der Waals surface area contributed by atoms with Gasteiger partial charge in [0.25, 0.3) is 0 Å². The van der Waals surface area contributed by atoms with E-state index < -0.39 is 17.7 Å². The molecule has 2 rings (SSSR count). The summed E-state index contributed by atoms with van der Waals surface area (Å²) in [5.74, 6) is 0.598. The molecule has 1 amide bonds. The van der Waals surface area contributed by atoms with E-state index in [-0.39, 0.29) is 17.4 Å². The topological polar surface area (TPSA) is 41.1 Å². The summed E-state index contributed by atoms with van der Waals surface area (Å²) in [4.78, 5) is 12.4. The molecule has 0 spiro atoms. The highest BCUT2D eigenvalue weighted by atomic mass is 32.2. The SMILES string of the molecule is CC(C)(C)C(NC(=O)CC1CSCCN1)c1ccc(F)cc1F. The van der Waals surface area contributed by atoms with Gasteiger partial charge in [-0.05, 0) is 11.5 Å². The number of thioether (sulfide) groups is 1. The zero-order valence-corrected chi connectivity index (χ0v) is 14.6. The van der Waals surface area contributed by atoms with Crippen molar-refractivity contribution in [2.75, 3.05) is 18.1 Å². The van der Waals surface area contributed by atoms with E-state index in [4.69, 9.17) is 0 Å². The van der Waals surface area contributed by atoms with Crippen molar-refractivity contribution in [1.82, 2.24) is 10.6 Å². The minimum atomic E-state index is -0.628. The van der Waals surface area contributed by atoms with E-state index in [0.29, 0.717) is 12.0 Å². The zero-order chi connectivity index (χ0) is 17.0. The second kappa shape index (κ2) is 7.62. The molecule has 2 N–H and O–H groups in total. The lowest BCUT2D eigenvalue weighted by molar-refractivity contribution is -0.123. The second-order valence-electron chi connectivity index (χ2n) is 6.96. The predicted octanol–water partition coefficient (Wildman–Crippen LogP) is 3.26. The van der Waals surface area contributed by atoms with E-state index in [1.807, 2.05) is 32.5 Å². The summed E-state index contributed by atoms with van der Waals surface area (Å²) >= 11 is 1.83. The van der Waals surface area contributed by atoms with Gasteiger partial charge in [0.1, 0.15) is 11.6 Å². The largest absolute Gasteiger partial charge is 0.349 e. The van der Waals surface area contributed by atoms with Crippen LogP contribution in [0, 0.1) is 17.0 Å². The molecule has 1 aromatic carbocycles. The van der Waals surface area contributed by atoms with Crippen molar-refractivity contribution in [2.45, 2.75) is 39.3 Å². The number of halogens is 2. The first kappa shape index (κ1) is 18.2. The fourth-order valence-electron chi connectivity index (χ4n) is 2.69. The quantitative estimate of drug-likeness (QED) is 0.882. The third-order valence-corrected chi connectivity index (χ3v) is 5.01. The van der Waals surface area contributed by atoms with E-state index in [1.54, 1.807) is 0 Å². The normalized spacial score (nSPS) is 20.1. The Kier molecular flexibility index (Phi) is 6.03. The first-order valence-electron chi connectivity index (χ1n) is 7.83. The van der Waals surface area contributed by atoms with Crippen LogP contribution in [0.2, 0.25) is 0 Å². The number of carbonyl (C=O) groups excluding carboxylic acids is 1. The molecule has 0 saturated carbocycles. The van der Waals surface area contributed by atoms with Gasteiger partial charge in [-0.1, -0.05) is 26.8 Å². The van der Waals surface area contributed by atoms with Gasteiger partial charge in [-0.3, -0.25) is 4.79 Å². The van der Waals surface area contributed by atoms with Gasteiger partial charge in [0, 0.05) is 42.1 Å². The van der Waals surface area contributed by atoms with Gasteiger partial charge in [0.05, 0.1) is 6.04 Å². The van der Waals surface area contributed by atoms with E-state index in [0.717, 1.165) is 24.1 Å². The zero-order valence-electron chi connectivity index (χ0n) is 13.8. The van der Waals surface area contributed by atoms with Crippen molar-refractivity contribution in [2.24, 2.45) is 5.41 Å². The third kappa shape index (κ3) is 5.18. The minimum absolute atomic E-state index is 0.117. The summed E-state index contributed by atoms with van der Waals surface area (Å²) in [7, 11) is 0. The lowest BCUT2D eigenvalue weighted by Gasteiger charge is -2.33. The summed E-state index contributed by atoms with van der Waals surface area (Å²) in [6.07, 6.45) is 0.363. The van der Waals surface area contributed by atoms with Crippen LogP contribution < -0.4 is 10.6 Å². The maximum Gasteiger partial charge on any atom is 0.222 e. The smallest absolute Gasteiger partial charge is 0.222 e. The van der Waals surface area contributed by atoms with Gasteiger partial charge in [0.2, 0.25) is 5.91 Å². The molecule has 1 aliphatic rings. The Bertz CT molecular complexity index is 554. The van der Waals surface area contributed by atoms with E-state index in [2.05, 4.69) is 10.6 Å². The average Bonchev–Trinajstić information content (AvgIpc) is 2.45. The van der Waals surface area contributed by atoms with Crippen LogP contribution >= 0.6 is 11.8 Å². The maximum absolute atomic E-state index is 14.1. The van der Waals surface area contributed by atoms with Crippen LogP contribution in [-0.4, -0.2) is 30.0 Å². The van der Waals surface area contributed by atoms with E-state index in [1.165, 1.54) is 12.1 Å². The first-order valence-corrected chi connectivity index (χ1v) is 8.98. The van der Waals surface area contributed by atoms with Crippen molar-refractivity contribution in [3.8, 4) is 0 Å². The molecule has 3 nitrogen and oxygen atoms in total. The summed E-state index contributed by atoms with van der Waals surface area (Å²) in [5.41, 5.74) is -0.0680. The van der Waals surface area contributed by atoms with Gasteiger partial charge in [-0.15, -0.1) is 0 Å². The Morgan fingerprint density at radius 1 is 1.43 bits per heavy atom. The monoisotopic (exact) mass is 342 g/mol. The Morgan fingerprint density at radius 2 is 2.17 bits per heavy atom. The van der Waals surface area contributed by atoms with Crippen molar-refractivity contribution in [3.63, 3.8) is 0 Å². The fraction of sp³-hybridized carbons (Fsp3) is 0.588. The summed E-state index contributed by atoms with van der Waals surface area (Å²) in [5, 5.41) is 6.25. The second-order valence-corrected chi connectivity index (χ2v) is 8.11. The van der Waals surface area contributed by atoms with Crippen molar-refractivity contribution >= 4 is 17.7 Å². The van der Waals surface area contributed by atoms with Crippen LogP contribution in [0.25, 0.3) is 0 Å². The van der Waals surface area contributed by atoms with Crippen LogP contribution in [0.3, 0.4) is 0 Å². The summed E-state index contributed by atoms with van der Waals surface area (Å²) in [6.45, 7) is 6.68. The molecule has 128 valence electrons. The first-order chi connectivity index (χ1) is 10.8. The number of benzene rings is 1. The lowest BCUT2D eigenvalue weighted by Crippen LogP contribution is -2.44. The molecule has 1 saturated heterocycles. The molecule has 0 radical (unpaired) electrons. The maximum atomic E-state index is 14.1. The fourth-order valence-corrected chi connectivity index (χ4v) is 3.64. The van der Waals surface area contributed by atoms with Crippen LogP contribution in [0.1, 0.15) is 38.8 Å². The molecule has 1 aliphatic heterocycles. The Morgan fingerprint density at radius 3 is 2.74 bits per heavy atom. The van der Waals surface area contributed by atoms with Crippen LogP contribution in [0.15, 0.2) is 18.2 Å². The van der Waals surface area contributed by atoms with Crippen LogP contribution in [0.4, 0.5) is 8.78 Å². The number of rotatable bonds is 4. The molecular formula is C17H24F2N2OS. The molecule has 1 aromatic rings. The highest BCUT2D eigenvalue weighted by Gasteiger charge is 2.31. The summed E-state index contributed by atoms with van der Waals surface area (Å²) < 4.78 is 27.3. The van der Waals surface area contributed by atoms with Crippen LogP contribution in [0.5, 0.6) is 0 Å². The average molecular weight is 342 g/mol. The highest BCUT2D eigenvalue weighted by Crippen LogP contribution is 2.34. The van der Waals surface area contributed by atoms with E-state index >= 15 is 0 Å². The predicted molar refractivity (Wildman–Crippen MR) is 90.4 cm³/mol. The van der Waals surface area contributed by atoms with Crippen molar-refractivity contribution in [1.29, 1.82) is 0 Å². The Labute approximate surface area is 140 Å². The molecule has 6 heteroatoms. The molecule has 0 aromatic heterocycles.